The second-order valence-electron chi connectivity index (χ2n) is 3.89. The second-order valence-corrected chi connectivity index (χ2v) is 8.14. The first kappa shape index (κ1) is 15.9. The summed E-state index contributed by atoms with van der Waals surface area (Å²) in [5, 5.41) is 1.35. The van der Waals surface area contributed by atoms with Gasteiger partial charge in [-0.15, -0.1) is 0 Å². The Kier molecular flexibility index (Phi) is 4.87. The smallest absolute Gasteiger partial charge is 0.175 e. The van der Waals surface area contributed by atoms with E-state index in [4.69, 9.17) is 34.8 Å². The van der Waals surface area contributed by atoms with Crippen molar-refractivity contribution in [1.82, 2.24) is 4.98 Å². The monoisotopic (exact) mass is 367 g/mol. The van der Waals surface area contributed by atoms with E-state index in [0.717, 1.165) is 11.2 Å². The molecule has 20 heavy (non-hydrogen) atoms. The predicted octanol–water partition coefficient (Wildman–Crippen LogP) is 4.60. The number of pyridine rings is 1. The topological polar surface area (TPSA) is 47.0 Å². The third kappa shape index (κ3) is 3.80. The van der Waals surface area contributed by atoms with Gasteiger partial charge in [0.25, 0.3) is 0 Å². The largest absolute Gasteiger partial charge is 0.226 e. The van der Waals surface area contributed by atoms with E-state index in [-0.39, 0.29) is 15.1 Å². The van der Waals surface area contributed by atoms with Crippen LogP contribution in [0.5, 0.6) is 0 Å². The number of aromatic nitrogens is 1. The molecule has 0 saturated carbocycles. The zero-order chi connectivity index (χ0) is 14.9. The maximum Gasteiger partial charge on any atom is 0.175 e. The van der Waals surface area contributed by atoms with Gasteiger partial charge in [-0.2, -0.15) is 0 Å². The average Bonchev–Trinajstić information content (AvgIpc) is 2.35. The van der Waals surface area contributed by atoms with Crippen LogP contribution in [0.25, 0.3) is 0 Å². The summed E-state index contributed by atoms with van der Waals surface area (Å²) in [4.78, 5) is 5.14. The van der Waals surface area contributed by atoms with Gasteiger partial charge in [0.1, 0.15) is 10.2 Å². The summed E-state index contributed by atoms with van der Waals surface area (Å²) in [7, 11) is -3.20. The average molecular weight is 369 g/mol. The summed E-state index contributed by atoms with van der Waals surface area (Å²) in [5.41, 5.74) is 0. The first-order valence-corrected chi connectivity index (χ1v) is 9.11. The highest BCUT2D eigenvalue weighted by Gasteiger charge is 2.11. The lowest BCUT2D eigenvalue weighted by atomic mass is 10.4. The SMILES string of the molecule is CS(=O)(=O)c1ccc(Sc2nc(Cl)c(Cl)cc2Cl)cc1. The fraction of sp³-hybridized carbons (Fsp3) is 0.0833. The van der Waals surface area contributed by atoms with Gasteiger partial charge >= 0.3 is 0 Å². The van der Waals surface area contributed by atoms with Crippen molar-refractivity contribution in [2.24, 2.45) is 0 Å². The summed E-state index contributed by atoms with van der Waals surface area (Å²) in [6.45, 7) is 0. The fourth-order valence-electron chi connectivity index (χ4n) is 1.37. The Morgan fingerprint density at radius 2 is 1.65 bits per heavy atom. The number of sulfone groups is 1. The Hall–Kier alpha value is -0.460. The molecular formula is C12H8Cl3NO2S2. The molecule has 0 atom stereocenters. The van der Waals surface area contributed by atoms with Crippen LogP contribution >= 0.6 is 46.6 Å². The van der Waals surface area contributed by atoms with Crippen LogP contribution in [0.3, 0.4) is 0 Å². The molecule has 0 aliphatic heterocycles. The molecule has 0 aliphatic carbocycles. The minimum absolute atomic E-state index is 0.173. The van der Waals surface area contributed by atoms with Crippen LogP contribution in [0.4, 0.5) is 0 Å². The molecule has 1 aromatic heterocycles. The molecule has 0 bridgehead atoms. The summed E-state index contributed by atoms with van der Waals surface area (Å²) >= 11 is 19.0. The molecule has 0 radical (unpaired) electrons. The van der Waals surface area contributed by atoms with Crippen molar-refractivity contribution in [3.63, 3.8) is 0 Å². The Balaban J connectivity index is 2.29. The van der Waals surface area contributed by atoms with Crippen LogP contribution in [0.15, 0.2) is 45.1 Å². The van der Waals surface area contributed by atoms with E-state index in [9.17, 15) is 8.42 Å². The molecule has 0 spiro atoms. The Bertz CT molecular complexity index is 746. The molecule has 0 aliphatic rings. The highest BCUT2D eigenvalue weighted by atomic mass is 35.5. The van der Waals surface area contributed by atoms with Gasteiger partial charge in [0, 0.05) is 11.2 Å². The van der Waals surface area contributed by atoms with Gasteiger partial charge in [-0.05, 0) is 30.3 Å². The van der Waals surface area contributed by atoms with Gasteiger partial charge in [-0.1, -0.05) is 46.6 Å². The van der Waals surface area contributed by atoms with E-state index in [1.807, 2.05) is 0 Å². The molecule has 0 fully saturated rings. The quantitative estimate of drug-likeness (QED) is 0.743. The van der Waals surface area contributed by atoms with E-state index in [2.05, 4.69) is 4.98 Å². The molecule has 106 valence electrons. The van der Waals surface area contributed by atoms with E-state index in [1.54, 1.807) is 12.1 Å². The number of hydrogen-bond acceptors (Lipinski definition) is 4. The Morgan fingerprint density at radius 1 is 1.05 bits per heavy atom. The van der Waals surface area contributed by atoms with Gasteiger partial charge in [0.15, 0.2) is 9.84 Å². The lowest BCUT2D eigenvalue weighted by molar-refractivity contribution is 0.602. The van der Waals surface area contributed by atoms with Crippen molar-refractivity contribution in [1.29, 1.82) is 0 Å². The maximum atomic E-state index is 11.4. The molecular weight excluding hydrogens is 361 g/mol. The molecule has 0 amide bonds. The first-order chi connectivity index (χ1) is 9.27. The molecule has 1 heterocycles. The minimum atomic E-state index is -3.20. The van der Waals surface area contributed by atoms with Gasteiger partial charge in [-0.25, -0.2) is 13.4 Å². The molecule has 2 rings (SSSR count). The van der Waals surface area contributed by atoms with Gasteiger partial charge < -0.3 is 0 Å². The van der Waals surface area contributed by atoms with Crippen LogP contribution in [0.2, 0.25) is 15.2 Å². The molecule has 0 N–H and O–H groups in total. The lowest BCUT2D eigenvalue weighted by Crippen LogP contribution is -1.96. The molecule has 8 heteroatoms. The zero-order valence-electron chi connectivity index (χ0n) is 10.1. The minimum Gasteiger partial charge on any atom is -0.226 e. The maximum absolute atomic E-state index is 11.4. The molecule has 1 aromatic carbocycles. The molecule has 0 unspecified atom stereocenters. The van der Waals surface area contributed by atoms with Crippen LogP contribution < -0.4 is 0 Å². The van der Waals surface area contributed by atoms with E-state index in [0.29, 0.717) is 10.0 Å². The molecule has 3 nitrogen and oxygen atoms in total. The highest BCUT2D eigenvalue weighted by Crippen LogP contribution is 2.35. The van der Waals surface area contributed by atoms with Crippen molar-refractivity contribution in [2.75, 3.05) is 6.26 Å². The number of nitrogens with zero attached hydrogens (tertiary/aromatic N) is 1. The predicted molar refractivity (Wildman–Crippen MR) is 82.9 cm³/mol. The number of halogens is 3. The van der Waals surface area contributed by atoms with E-state index in [1.165, 1.54) is 30.0 Å². The molecule has 2 aromatic rings. The van der Waals surface area contributed by atoms with Gasteiger partial charge in [0.2, 0.25) is 0 Å². The van der Waals surface area contributed by atoms with Crippen LogP contribution in [0, 0.1) is 0 Å². The number of hydrogen-bond donors (Lipinski definition) is 0. The Labute approximate surface area is 136 Å². The highest BCUT2D eigenvalue weighted by molar-refractivity contribution is 7.99. The van der Waals surface area contributed by atoms with E-state index < -0.39 is 9.84 Å². The first-order valence-electron chi connectivity index (χ1n) is 5.27. The summed E-state index contributed by atoms with van der Waals surface area (Å²) in [6, 6.07) is 7.95. The fourth-order valence-corrected chi connectivity index (χ4v) is 3.45. The van der Waals surface area contributed by atoms with Crippen molar-refractivity contribution in [3.8, 4) is 0 Å². The van der Waals surface area contributed by atoms with Gasteiger partial charge in [0.05, 0.1) is 14.9 Å². The third-order valence-electron chi connectivity index (χ3n) is 2.32. The standard InChI is InChI=1S/C12H8Cl3NO2S2/c1-20(17,18)8-4-2-7(3-5-8)19-12-10(14)6-9(13)11(15)16-12/h2-6H,1H3. The van der Waals surface area contributed by atoms with E-state index >= 15 is 0 Å². The number of rotatable bonds is 3. The van der Waals surface area contributed by atoms with Gasteiger partial charge in [-0.3, -0.25) is 0 Å². The summed E-state index contributed by atoms with van der Waals surface area (Å²) in [5.74, 6) is 0. The second kappa shape index (κ2) is 6.12. The summed E-state index contributed by atoms with van der Waals surface area (Å²) < 4.78 is 22.7. The number of benzene rings is 1. The Morgan fingerprint density at radius 3 is 2.20 bits per heavy atom. The zero-order valence-corrected chi connectivity index (χ0v) is 14.0. The van der Waals surface area contributed by atoms with Crippen molar-refractivity contribution >= 4 is 56.4 Å². The van der Waals surface area contributed by atoms with Crippen LogP contribution in [0.1, 0.15) is 0 Å². The van der Waals surface area contributed by atoms with Crippen molar-refractivity contribution < 1.29 is 8.42 Å². The van der Waals surface area contributed by atoms with Crippen molar-refractivity contribution in [3.05, 3.63) is 45.5 Å². The normalized spacial score (nSPS) is 11.6. The van der Waals surface area contributed by atoms with Crippen molar-refractivity contribution in [2.45, 2.75) is 14.8 Å². The lowest BCUT2D eigenvalue weighted by Gasteiger charge is -2.06. The van der Waals surface area contributed by atoms with Crippen LogP contribution in [-0.2, 0) is 9.84 Å². The molecule has 0 saturated heterocycles. The third-order valence-corrected chi connectivity index (χ3v) is 5.53. The van der Waals surface area contributed by atoms with Crippen LogP contribution in [-0.4, -0.2) is 19.7 Å². The summed E-state index contributed by atoms with van der Waals surface area (Å²) in [6.07, 6.45) is 1.16.